The van der Waals surface area contributed by atoms with Crippen LogP contribution in [0.5, 0.6) is 0 Å². The lowest BCUT2D eigenvalue weighted by molar-refractivity contribution is 0.201. The monoisotopic (exact) mass is 182 g/mol. The van der Waals surface area contributed by atoms with E-state index in [9.17, 15) is 0 Å². The highest BCUT2D eigenvalue weighted by Gasteiger charge is 2.06. The number of rotatable bonds is 3. The Bertz CT molecular complexity index is 300. The van der Waals surface area contributed by atoms with Gasteiger partial charge in [-0.25, -0.2) is 9.97 Å². The molecule has 0 aliphatic carbocycles. The summed E-state index contributed by atoms with van der Waals surface area (Å²) >= 11 is 0. The molecule has 0 aliphatic heterocycles. The molecule has 0 atom stereocenters. The van der Waals surface area contributed by atoms with Gasteiger partial charge in [0.15, 0.2) is 5.82 Å². The molecule has 1 aromatic rings. The fraction of sp³-hybridized carbons (Fsp3) is 0.500. The van der Waals surface area contributed by atoms with Crippen LogP contribution in [0, 0.1) is 6.92 Å². The Labute approximate surface area is 77.1 Å². The highest BCUT2D eigenvalue weighted by Crippen LogP contribution is 2.16. The molecule has 0 bridgehead atoms. The van der Waals surface area contributed by atoms with Crippen LogP contribution in [0.15, 0.2) is 0 Å². The Kier molecular flexibility index (Phi) is 3.02. The predicted octanol–water partition coefficient (Wildman–Crippen LogP) is 0.138. The molecular weight excluding hydrogens is 168 g/mol. The van der Waals surface area contributed by atoms with Crippen molar-refractivity contribution in [3.63, 3.8) is 0 Å². The Balaban J connectivity index is 2.92. The molecule has 72 valence electrons. The summed E-state index contributed by atoms with van der Waals surface area (Å²) in [5, 5.41) is 0. The number of methoxy groups -OCH3 is 1. The third-order valence-corrected chi connectivity index (χ3v) is 1.71. The summed E-state index contributed by atoms with van der Waals surface area (Å²) in [7, 11) is 1.63. The van der Waals surface area contributed by atoms with Crippen molar-refractivity contribution in [3.05, 3.63) is 11.5 Å². The number of aryl methyl sites for hydroxylation is 1. The van der Waals surface area contributed by atoms with Crippen molar-refractivity contribution in [1.29, 1.82) is 0 Å². The molecule has 1 heterocycles. The van der Waals surface area contributed by atoms with E-state index in [1.807, 2.05) is 0 Å². The van der Waals surface area contributed by atoms with Gasteiger partial charge in [0, 0.05) is 13.5 Å². The first-order valence-corrected chi connectivity index (χ1v) is 4.02. The van der Waals surface area contributed by atoms with Crippen molar-refractivity contribution in [2.45, 2.75) is 13.3 Å². The van der Waals surface area contributed by atoms with E-state index in [0.29, 0.717) is 30.4 Å². The highest BCUT2D eigenvalue weighted by molar-refractivity contribution is 5.60. The number of ether oxygens (including phenoxy) is 1. The van der Waals surface area contributed by atoms with Crippen LogP contribution in [0.25, 0.3) is 0 Å². The molecule has 4 N–H and O–H groups in total. The summed E-state index contributed by atoms with van der Waals surface area (Å²) in [5.41, 5.74) is 12.5. The highest BCUT2D eigenvalue weighted by atomic mass is 16.5. The van der Waals surface area contributed by atoms with Gasteiger partial charge in [-0.2, -0.15) is 0 Å². The van der Waals surface area contributed by atoms with Crippen LogP contribution in [-0.2, 0) is 11.2 Å². The van der Waals surface area contributed by atoms with Crippen LogP contribution in [-0.4, -0.2) is 23.7 Å². The molecule has 0 spiro atoms. The average Bonchev–Trinajstić information content (AvgIpc) is 2.09. The largest absolute Gasteiger partial charge is 0.394 e. The van der Waals surface area contributed by atoms with Crippen LogP contribution in [0.1, 0.15) is 11.5 Å². The number of anilines is 2. The van der Waals surface area contributed by atoms with E-state index in [4.69, 9.17) is 16.2 Å². The van der Waals surface area contributed by atoms with E-state index in [2.05, 4.69) is 9.97 Å². The predicted molar refractivity (Wildman–Crippen MR) is 51.2 cm³/mol. The number of nitrogens with two attached hydrogens (primary N) is 2. The third kappa shape index (κ3) is 2.29. The molecule has 0 saturated carbocycles. The normalized spacial score (nSPS) is 10.3. The van der Waals surface area contributed by atoms with E-state index in [0.717, 1.165) is 5.69 Å². The lowest BCUT2D eigenvalue weighted by atomic mass is 10.2. The fourth-order valence-electron chi connectivity index (χ4n) is 1.05. The van der Waals surface area contributed by atoms with Gasteiger partial charge in [0.05, 0.1) is 18.0 Å². The minimum absolute atomic E-state index is 0.346. The summed E-state index contributed by atoms with van der Waals surface area (Å²) in [6.45, 7) is 2.37. The minimum atomic E-state index is 0.346. The zero-order chi connectivity index (χ0) is 9.84. The summed E-state index contributed by atoms with van der Waals surface area (Å²) in [5.74, 6) is 0.983. The SMILES string of the molecule is COCCc1nc(C)nc(N)c1N. The zero-order valence-electron chi connectivity index (χ0n) is 7.87. The Hall–Kier alpha value is -1.36. The van der Waals surface area contributed by atoms with Crippen LogP contribution < -0.4 is 11.5 Å². The first-order chi connectivity index (χ1) is 6.15. The van der Waals surface area contributed by atoms with Crippen molar-refractivity contribution in [3.8, 4) is 0 Å². The Morgan fingerprint density at radius 1 is 1.31 bits per heavy atom. The van der Waals surface area contributed by atoms with Crippen LogP contribution >= 0.6 is 0 Å². The second-order valence-electron chi connectivity index (χ2n) is 2.76. The van der Waals surface area contributed by atoms with Crippen molar-refractivity contribution < 1.29 is 4.74 Å². The Morgan fingerprint density at radius 2 is 2.00 bits per heavy atom. The minimum Gasteiger partial charge on any atom is -0.394 e. The molecule has 0 fully saturated rings. The second-order valence-corrected chi connectivity index (χ2v) is 2.76. The number of aromatic nitrogens is 2. The van der Waals surface area contributed by atoms with Crippen molar-refractivity contribution in [2.75, 3.05) is 25.2 Å². The number of hydrogen-bond donors (Lipinski definition) is 2. The van der Waals surface area contributed by atoms with E-state index >= 15 is 0 Å². The maximum atomic E-state index is 5.69. The summed E-state index contributed by atoms with van der Waals surface area (Å²) in [6.07, 6.45) is 0.663. The molecule has 0 aliphatic rings. The number of nitrogens with zero attached hydrogens (tertiary/aromatic N) is 2. The second kappa shape index (κ2) is 4.04. The standard InChI is InChI=1S/C8H14N4O/c1-5-11-6(3-4-13-2)7(9)8(10)12-5/h3-4,9H2,1-2H3,(H2,10,11,12). The van der Waals surface area contributed by atoms with Gasteiger partial charge in [-0.3, -0.25) is 0 Å². The van der Waals surface area contributed by atoms with Gasteiger partial charge < -0.3 is 16.2 Å². The maximum Gasteiger partial charge on any atom is 0.150 e. The average molecular weight is 182 g/mol. The van der Waals surface area contributed by atoms with Gasteiger partial charge in [0.25, 0.3) is 0 Å². The van der Waals surface area contributed by atoms with E-state index in [-0.39, 0.29) is 0 Å². The van der Waals surface area contributed by atoms with E-state index < -0.39 is 0 Å². The lowest BCUT2D eigenvalue weighted by Crippen LogP contribution is -2.09. The van der Waals surface area contributed by atoms with Crippen LogP contribution in [0.4, 0.5) is 11.5 Å². The molecule has 1 rings (SSSR count). The first kappa shape index (κ1) is 9.73. The molecule has 13 heavy (non-hydrogen) atoms. The molecule has 5 nitrogen and oxygen atoms in total. The lowest BCUT2D eigenvalue weighted by Gasteiger charge is -2.06. The molecular formula is C8H14N4O. The maximum absolute atomic E-state index is 5.69. The van der Waals surface area contributed by atoms with Gasteiger partial charge in [-0.05, 0) is 6.92 Å². The molecule has 0 saturated heterocycles. The topological polar surface area (TPSA) is 87.0 Å². The van der Waals surface area contributed by atoms with Gasteiger partial charge in [0.1, 0.15) is 5.82 Å². The van der Waals surface area contributed by atoms with Gasteiger partial charge in [-0.1, -0.05) is 0 Å². The molecule has 5 heteroatoms. The quantitative estimate of drug-likeness (QED) is 0.694. The molecule has 0 radical (unpaired) electrons. The van der Waals surface area contributed by atoms with E-state index in [1.165, 1.54) is 0 Å². The van der Waals surface area contributed by atoms with Crippen LogP contribution in [0.3, 0.4) is 0 Å². The van der Waals surface area contributed by atoms with Crippen LogP contribution in [0.2, 0.25) is 0 Å². The van der Waals surface area contributed by atoms with E-state index in [1.54, 1.807) is 14.0 Å². The van der Waals surface area contributed by atoms with Crippen molar-refractivity contribution >= 4 is 11.5 Å². The summed E-state index contributed by atoms with van der Waals surface area (Å²) in [6, 6.07) is 0. The van der Waals surface area contributed by atoms with Crippen molar-refractivity contribution in [2.24, 2.45) is 0 Å². The molecule has 0 amide bonds. The molecule has 0 aromatic carbocycles. The van der Waals surface area contributed by atoms with Crippen molar-refractivity contribution in [1.82, 2.24) is 9.97 Å². The Morgan fingerprint density at radius 3 is 2.62 bits per heavy atom. The summed E-state index contributed by atoms with van der Waals surface area (Å²) < 4.78 is 4.92. The zero-order valence-corrected chi connectivity index (χ0v) is 7.87. The number of nitrogen functional groups attached to an aromatic ring is 2. The third-order valence-electron chi connectivity index (χ3n) is 1.71. The molecule has 0 unspecified atom stereocenters. The van der Waals surface area contributed by atoms with Gasteiger partial charge in [0.2, 0.25) is 0 Å². The molecule has 1 aromatic heterocycles. The smallest absolute Gasteiger partial charge is 0.150 e. The number of hydrogen-bond acceptors (Lipinski definition) is 5. The summed E-state index contributed by atoms with van der Waals surface area (Å²) in [4.78, 5) is 8.12. The van der Waals surface area contributed by atoms with Gasteiger partial charge in [-0.15, -0.1) is 0 Å². The first-order valence-electron chi connectivity index (χ1n) is 4.02. The fourth-order valence-corrected chi connectivity index (χ4v) is 1.05. The van der Waals surface area contributed by atoms with Gasteiger partial charge >= 0.3 is 0 Å².